The number of rotatable bonds is 4. The van der Waals surface area contributed by atoms with Crippen LogP contribution >= 0.6 is 31.9 Å². The number of methoxy groups -OCH3 is 1. The van der Waals surface area contributed by atoms with Crippen LogP contribution in [0.5, 0.6) is 5.75 Å². The molecule has 0 bridgehead atoms. The van der Waals surface area contributed by atoms with E-state index in [0.29, 0.717) is 12.2 Å². The molecule has 1 amide bonds. The maximum absolute atomic E-state index is 12.3. The average molecular weight is 402 g/mol. The van der Waals surface area contributed by atoms with Crippen LogP contribution in [-0.4, -0.2) is 29.9 Å². The summed E-state index contributed by atoms with van der Waals surface area (Å²) in [5.74, 6) is 0.693. The van der Waals surface area contributed by atoms with Gasteiger partial charge in [0, 0.05) is 34.3 Å². The lowest BCUT2D eigenvalue weighted by Gasteiger charge is -2.18. The molecule has 2 rings (SSSR count). The summed E-state index contributed by atoms with van der Waals surface area (Å²) in [6, 6.07) is 7.50. The molecule has 4 nitrogen and oxygen atoms in total. The van der Waals surface area contributed by atoms with Gasteiger partial charge in [-0.3, -0.25) is 4.79 Å². The fraction of sp³-hybridized carbons (Fsp3) is 0.214. The van der Waals surface area contributed by atoms with E-state index in [4.69, 9.17) is 4.74 Å². The lowest BCUT2D eigenvalue weighted by molar-refractivity contribution is 0.0779. The minimum Gasteiger partial charge on any atom is -0.496 e. The summed E-state index contributed by atoms with van der Waals surface area (Å²) in [6.45, 7) is 0.470. The Kier molecular flexibility index (Phi) is 4.88. The van der Waals surface area contributed by atoms with Crippen molar-refractivity contribution in [2.75, 3.05) is 14.2 Å². The van der Waals surface area contributed by atoms with Crippen molar-refractivity contribution in [2.45, 2.75) is 6.54 Å². The molecule has 1 aromatic carbocycles. The number of ether oxygens (including phenoxy) is 1. The molecule has 0 fully saturated rings. The lowest BCUT2D eigenvalue weighted by Crippen LogP contribution is -2.26. The van der Waals surface area contributed by atoms with Gasteiger partial charge in [-0.15, -0.1) is 0 Å². The Bertz CT molecular complexity index is 625. The molecule has 1 heterocycles. The summed E-state index contributed by atoms with van der Waals surface area (Å²) >= 11 is 6.75. The smallest absolute Gasteiger partial charge is 0.270 e. The van der Waals surface area contributed by atoms with Crippen molar-refractivity contribution in [1.82, 2.24) is 9.88 Å². The fourth-order valence-corrected chi connectivity index (χ4v) is 2.65. The first-order chi connectivity index (χ1) is 9.51. The molecule has 0 aliphatic rings. The topological polar surface area (TPSA) is 45.3 Å². The molecule has 0 atom stereocenters. The molecule has 0 spiro atoms. The number of nitrogens with zero attached hydrogens (tertiary/aromatic N) is 1. The Morgan fingerprint density at radius 2 is 2.05 bits per heavy atom. The Labute approximate surface area is 134 Å². The van der Waals surface area contributed by atoms with Gasteiger partial charge in [-0.2, -0.15) is 0 Å². The normalized spacial score (nSPS) is 10.4. The van der Waals surface area contributed by atoms with Gasteiger partial charge in [0.05, 0.1) is 7.11 Å². The Morgan fingerprint density at radius 3 is 2.65 bits per heavy atom. The Hall–Kier alpha value is -1.27. The van der Waals surface area contributed by atoms with Crippen LogP contribution in [0.15, 0.2) is 39.4 Å². The molecule has 6 heteroatoms. The highest BCUT2D eigenvalue weighted by Crippen LogP contribution is 2.24. The molecular formula is C14H14Br2N2O2. The van der Waals surface area contributed by atoms with Crippen molar-refractivity contribution in [3.63, 3.8) is 0 Å². The quantitative estimate of drug-likeness (QED) is 0.846. The zero-order valence-corrected chi connectivity index (χ0v) is 14.3. The molecule has 0 unspecified atom stereocenters. The summed E-state index contributed by atoms with van der Waals surface area (Å²) in [5.41, 5.74) is 1.50. The predicted octanol–water partition coefficient (Wildman–Crippen LogP) is 3.82. The molecule has 2 aromatic rings. The number of aromatic amines is 1. The second kappa shape index (κ2) is 6.45. The number of amides is 1. The number of aromatic nitrogens is 1. The van der Waals surface area contributed by atoms with Crippen LogP contribution in [0, 0.1) is 0 Å². The third kappa shape index (κ3) is 3.43. The fourth-order valence-electron chi connectivity index (χ4n) is 1.90. The van der Waals surface area contributed by atoms with Gasteiger partial charge in [0.15, 0.2) is 0 Å². The molecule has 0 saturated heterocycles. The van der Waals surface area contributed by atoms with Gasteiger partial charge in [0.25, 0.3) is 5.91 Å². The first kappa shape index (κ1) is 15.1. The molecule has 1 N–H and O–H groups in total. The van der Waals surface area contributed by atoms with E-state index >= 15 is 0 Å². The van der Waals surface area contributed by atoms with Crippen molar-refractivity contribution in [3.8, 4) is 5.75 Å². The second-order valence-corrected chi connectivity index (χ2v) is 6.18. The van der Waals surface area contributed by atoms with Crippen molar-refractivity contribution >= 4 is 37.8 Å². The average Bonchev–Trinajstić information content (AvgIpc) is 2.84. The number of hydrogen-bond acceptors (Lipinski definition) is 2. The third-order valence-corrected chi connectivity index (χ3v) is 3.83. The first-order valence-corrected chi connectivity index (χ1v) is 7.51. The van der Waals surface area contributed by atoms with Gasteiger partial charge in [-0.1, -0.05) is 15.9 Å². The van der Waals surface area contributed by atoms with Crippen LogP contribution in [-0.2, 0) is 6.54 Å². The molecule has 106 valence electrons. The van der Waals surface area contributed by atoms with E-state index in [1.165, 1.54) is 0 Å². The number of hydrogen-bond donors (Lipinski definition) is 1. The predicted molar refractivity (Wildman–Crippen MR) is 85.0 cm³/mol. The van der Waals surface area contributed by atoms with Crippen LogP contribution in [0.1, 0.15) is 16.1 Å². The summed E-state index contributed by atoms with van der Waals surface area (Å²) in [4.78, 5) is 16.8. The standard InChI is InChI=1S/C14H14Br2N2O2/c1-18(14(19)12-6-11(16)7-17-12)8-9-5-10(15)3-4-13(9)20-2/h3-7,17H,8H2,1-2H3. The number of H-pyrrole nitrogens is 1. The molecule has 1 aromatic heterocycles. The highest BCUT2D eigenvalue weighted by atomic mass is 79.9. The number of halogens is 2. The minimum atomic E-state index is -0.0715. The number of benzene rings is 1. The number of carbonyl (C=O) groups is 1. The van der Waals surface area contributed by atoms with Gasteiger partial charge in [0.2, 0.25) is 0 Å². The monoisotopic (exact) mass is 400 g/mol. The minimum absolute atomic E-state index is 0.0715. The van der Waals surface area contributed by atoms with E-state index < -0.39 is 0 Å². The molecule has 0 saturated carbocycles. The van der Waals surface area contributed by atoms with E-state index in [1.807, 2.05) is 18.2 Å². The van der Waals surface area contributed by atoms with Crippen molar-refractivity contribution in [1.29, 1.82) is 0 Å². The van der Waals surface area contributed by atoms with Crippen molar-refractivity contribution in [2.24, 2.45) is 0 Å². The summed E-state index contributed by atoms with van der Waals surface area (Å²) in [7, 11) is 3.38. The highest BCUT2D eigenvalue weighted by molar-refractivity contribution is 9.10. The van der Waals surface area contributed by atoms with Crippen LogP contribution in [0.2, 0.25) is 0 Å². The van der Waals surface area contributed by atoms with Crippen LogP contribution in [0.3, 0.4) is 0 Å². The summed E-state index contributed by atoms with van der Waals surface area (Å²) < 4.78 is 7.13. The van der Waals surface area contributed by atoms with Crippen molar-refractivity contribution in [3.05, 3.63) is 50.7 Å². The lowest BCUT2D eigenvalue weighted by atomic mass is 10.2. The van der Waals surface area contributed by atoms with Crippen LogP contribution in [0.25, 0.3) is 0 Å². The summed E-state index contributed by atoms with van der Waals surface area (Å²) in [5, 5.41) is 0. The number of carbonyl (C=O) groups excluding carboxylic acids is 1. The van der Waals surface area contributed by atoms with Crippen LogP contribution < -0.4 is 4.74 Å². The van der Waals surface area contributed by atoms with E-state index in [2.05, 4.69) is 36.8 Å². The highest BCUT2D eigenvalue weighted by Gasteiger charge is 2.15. The molecule has 0 aliphatic heterocycles. The zero-order chi connectivity index (χ0) is 14.7. The van der Waals surface area contributed by atoms with Gasteiger partial charge in [0.1, 0.15) is 11.4 Å². The maximum Gasteiger partial charge on any atom is 0.270 e. The third-order valence-electron chi connectivity index (χ3n) is 2.87. The molecule has 0 aliphatic carbocycles. The Balaban J connectivity index is 2.17. The van der Waals surface area contributed by atoms with Crippen LogP contribution in [0.4, 0.5) is 0 Å². The zero-order valence-electron chi connectivity index (χ0n) is 11.1. The summed E-state index contributed by atoms with van der Waals surface area (Å²) in [6.07, 6.45) is 1.74. The molecule has 20 heavy (non-hydrogen) atoms. The maximum atomic E-state index is 12.3. The molecule has 0 radical (unpaired) electrons. The van der Waals surface area contributed by atoms with E-state index in [-0.39, 0.29) is 5.91 Å². The Morgan fingerprint density at radius 1 is 1.30 bits per heavy atom. The largest absolute Gasteiger partial charge is 0.496 e. The number of nitrogens with one attached hydrogen (secondary N) is 1. The molecular weight excluding hydrogens is 388 g/mol. The first-order valence-electron chi connectivity index (χ1n) is 5.93. The van der Waals surface area contributed by atoms with Gasteiger partial charge in [-0.05, 0) is 40.2 Å². The van der Waals surface area contributed by atoms with Crippen molar-refractivity contribution < 1.29 is 9.53 Å². The van der Waals surface area contributed by atoms with Gasteiger partial charge in [-0.25, -0.2) is 0 Å². The van der Waals surface area contributed by atoms with E-state index in [9.17, 15) is 4.79 Å². The van der Waals surface area contributed by atoms with E-state index in [0.717, 1.165) is 20.3 Å². The second-order valence-electron chi connectivity index (χ2n) is 4.35. The SMILES string of the molecule is COc1ccc(Br)cc1CN(C)C(=O)c1cc(Br)c[nH]1. The van der Waals surface area contributed by atoms with Gasteiger partial charge < -0.3 is 14.6 Å². The van der Waals surface area contributed by atoms with E-state index in [1.54, 1.807) is 31.3 Å². The van der Waals surface area contributed by atoms with Gasteiger partial charge >= 0.3 is 0 Å².